The molecule has 2 N–H and O–H groups in total. The van der Waals surface area contributed by atoms with Gasteiger partial charge in [0.15, 0.2) is 5.11 Å². The van der Waals surface area contributed by atoms with Crippen molar-refractivity contribution in [3.05, 3.63) is 68.1 Å². The Morgan fingerprint density at radius 1 is 1.34 bits per heavy atom. The smallest absolute Gasteiger partial charge is 0.253 e. The third kappa shape index (κ3) is 5.04. The maximum absolute atomic E-state index is 12.7. The number of nitrogens with zero attached hydrogens (tertiary/aromatic N) is 1. The van der Waals surface area contributed by atoms with Crippen LogP contribution in [0.15, 0.2) is 46.6 Å². The lowest BCUT2D eigenvalue weighted by Gasteiger charge is -2.26. The minimum Gasteiger partial charge on any atom is -0.376 e. The van der Waals surface area contributed by atoms with E-state index in [9.17, 15) is 4.79 Å². The largest absolute Gasteiger partial charge is 0.376 e. The molecule has 2 aromatic heterocycles. The molecule has 0 aliphatic carbocycles. The zero-order chi connectivity index (χ0) is 20.2. The van der Waals surface area contributed by atoms with E-state index in [-0.39, 0.29) is 11.7 Å². The highest BCUT2D eigenvalue weighted by Gasteiger charge is 2.18. The number of pyridine rings is 1. The first-order chi connectivity index (χ1) is 14.1. The third-order valence-electron chi connectivity index (χ3n) is 5.16. The summed E-state index contributed by atoms with van der Waals surface area (Å²) < 4.78 is 5.69. The number of thiocarbonyl (C=S) groups is 1. The SMILES string of the molecule is Cc1ccc2[nH]c(=O)c(CN(Cc3cccs3)C(=S)NC[C@H]3CCCO3)cc2c1. The van der Waals surface area contributed by atoms with Gasteiger partial charge in [0.25, 0.3) is 5.56 Å². The van der Waals surface area contributed by atoms with Gasteiger partial charge in [0, 0.05) is 29.1 Å². The molecule has 152 valence electrons. The highest BCUT2D eigenvalue weighted by atomic mass is 32.1. The highest BCUT2D eigenvalue weighted by Crippen LogP contribution is 2.17. The molecule has 3 heterocycles. The van der Waals surface area contributed by atoms with Crippen LogP contribution in [-0.2, 0) is 17.8 Å². The molecule has 0 spiro atoms. The van der Waals surface area contributed by atoms with Crippen molar-refractivity contribution in [2.75, 3.05) is 13.2 Å². The summed E-state index contributed by atoms with van der Waals surface area (Å²) in [7, 11) is 0. The molecule has 5 nitrogen and oxygen atoms in total. The van der Waals surface area contributed by atoms with Gasteiger partial charge in [0.2, 0.25) is 0 Å². The molecule has 4 rings (SSSR count). The number of ether oxygens (including phenoxy) is 1. The number of aryl methyl sites for hydroxylation is 1. The van der Waals surface area contributed by atoms with Crippen LogP contribution < -0.4 is 10.9 Å². The summed E-state index contributed by atoms with van der Waals surface area (Å²) in [6.07, 6.45) is 2.37. The Morgan fingerprint density at radius 3 is 3.00 bits per heavy atom. The zero-order valence-corrected chi connectivity index (χ0v) is 18.1. The molecule has 1 aliphatic rings. The van der Waals surface area contributed by atoms with Crippen molar-refractivity contribution in [3.8, 4) is 0 Å². The molecule has 1 saturated heterocycles. The minimum absolute atomic E-state index is 0.0699. The van der Waals surface area contributed by atoms with Gasteiger partial charge in [-0.25, -0.2) is 0 Å². The van der Waals surface area contributed by atoms with Crippen LogP contribution in [0, 0.1) is 6.92 Å². The van der Waals surface area contributed by atoms with Crippen molar-refractivity contribution in [2.45, 2.75) is 39.0 Å². The topological polar surface area (TPSA) is 57.4 Å². The fourth-order valence-corrected chi connectivity index (χ4v) is 4.53. The van der Waals surface area contributed by atoms with E-state index in [1.807, 2.05) is 24.3 Å². The second kappa shape index (κ2) is 9.07. The summed E-state index contributed by atoms with van der Waals surface area (Å²) in [5.74, 6) is 0. The summed E-state index contributed by atoms with van der Waals surface area (Å²) in [4.78, 5) is 19.0. The van der Waals surface area contributed by atoms with Gasteiger partial charge in [-0.1, -0.05) is 17.7 Å². The lowest BCUT2D eigenvalue weighted by molar-refractivity contribution is 0.113. The average Bonchev–Trinajstić information content (AvgIpc) is 3.40. The molecule has 29 heavy (non-hydrogen) atoms. The Balaban J connectivity index is 1.55. The van der Waals surface area contributed by atoms with Crippen LogP contribution in [0.1, 0.15) is 28.8 Å². The van der Waals surface area contributed by atoms with E-state index in [0.29, 0.717) is 30.3 Å². The summed E-state index contributed by atoms with van der Waals surface area (Å²) in [5, 5.41) is 7.09. The van der Waals surface area contributed by atoms with E-state index in [1.165, 1.54) is 10.4 Å². The van der Waals surface area contributed by atoms with Crippen molar-refractivity contribution in [2.24, 2.45) is 0 Å². The molecular weight excluding hydrogens is 402 g/mol. The quantitative estimate of drug-likeness (QED) is 0.584. The first kappa shape index (κ1) is 20.1. The molecular formula is C22H25N3O2S2. The van der Waals surface area contributed by atoms with Crippen molar-refractivity contribution in [1.82, 2.24) is 15.2 Å². The predicted molar refractivity (Wildman–Crippen MR) is 122 cm³/mol. The summed E-state index contributed by atoms with van der Waals surface area (Å²) in [6, 6.07) is 12.1. The Hall–Kier alpha value is -2.22. The van der Waals surface area contributed by atoms with E-state index >= 15 is 0 Å². The van der Waals surface area contributed by atoms with Gasteiger partial charge in [0.1, 0.15) is 0 Å². The summed E-state index contributed by atoms with van der Waals surface area (Å²) in [5.41, 5.74) is 2.66. The van der Waals surface area contributed by atoms with Gasteiger partial charge in [-0.3, -0.25) is 4.79 Å². The van der Waals surface area contributed by atoms with E-state index in [0.717, 1.165) is 30.4 Å². The van der Waals surface area contributed by atoms with Crippen LogP contribution in [0.2, 0.25) is 0 Å². The summed E-state index contributed by atoms with van der Waals surface area (Å²) >= 11 is 7.39. The van der Waals surface area contributed by atoms with Crippen molar-refractivity contribution in [3.63, 3.8) is 0 Å². The van der Waals surface area contributed by atoms with Gasteiger partial charge >= 0.3 is 0 Å². The molecule has 7 heteroatoms. The molecule has 0 radical (unpaired) electrons. The van der Waals surface area contributed by atoms with Crippen LogP contribution in [0.5, 0.6) is 0 Å². The van der Waals surface area contributed by atoms with Crippen molar-refractivity contribution < 1.29 is 4.74 Å². The fraction of sp³-hybridized carbons (Fsp3) is 0.364. The number of fused-ring (bicyclic) bond motifs is 1. The number of aromatic amines is 1. The Bertz CT molecular complexity index is 1040. The third-order valence-corrected chi connectivity index (χ3v) is 6.42. The Morgan fingerprint density at radius 2 is 2.24 bits per heavy atom. The van der Waals surface area contributed by atoms with Crippen molar-refractivity contribution >= 4 is 39.6 Å². The Kier molecular flexibility index (Phi) is 6.28. The summed E-state index contributed by atoms with van der Waals surface area (Å²) in [6.45, 7) is 4.70. The van der Waals surface area contributed by atoms with Gasteiger partial charge in [-0.05, 0) is 67.0 Å². The number of hydrogen-bond donors (Lipinski definition) is 2. The standard InChI is InChI=1S/C22H25N3O2S2/c1-15-6-7-20-16(10-15)11-17(21(26)24-20)13-25(14-19-5-3-9-29-19)22(28)23-12-18-4-2-8-27-18/h3,5-7,9-11,18H,2,4,8,12-14H2,1H3,(H,23,28)(H,24,26)/t18-/m1/s1. The minimum atomic E-state index is -0.0699. The van der Waals surface area contributed by atoms with Gasteiger partial charge in [-0.15, -0.1) is 11.3 Å². The maximum atomic E-state index is 12.7. The van der Waals surface area contributed by atoms with E-state index in [1.54, 1.807) is 11.3 Å². The zero-order valence-electron chi connectivity index (χ0n) is 16.4. The van der Waals surface area contributed by atoms with Gasteiger partial charge in [-0.2, -0.15) is 0 Å². The number of nitrogens with one attached hydrogen (secondary N) is 2. The molecule has 0 amide bonds. The van der Waals surface area contributed by atoms with Crippen LogP contribution in [0.4, 0.5) is 0 Å². The highest BCUT2D eigenvalue weighted by molar-refractivity contribution is 7.80. The average molecular weight is 428 g/mol. The van der Waals surface area contributed by atoms with Crippen LogP contribution in [0.25, 0.3) is 10.9 Å². The fourth-order valence-electron chi connectivity index (χ4n) is 3.60. The van der Waals surface area contributed by atoms with E-state index < -0.39 is 0 Å². The normalized spacial score (nSPS) is 16.2. The molecule has 0 bridgehead atoms. The van der Waals surface area contributed by atoms with E-state index in [2.05, 4.69) is 39.6 Å². The number of H-pyrrole nitrogens is 1. The van der Waals surface area contributed by atoms with Gasteiger partial charge < -0.3 is 19.9 Å². The number of thiophene rings is 1. The first-order valence-corrected chi connectivity index (χ1v) is 11.2. The predicted octanol–water partition coefficient (Wildman–Crippen LogP) is 3.95. The van der Waals surface area contributed by atoms with E-state index in [4.69, 9.17) is 17.0 Å². The van der Waals surface area contributed by atoms with Gasteiger partial charge in [0.05, 0.1) is 19.2 Å². The monoisotopic (exact) mass is 427 g/mol. The number of aromatic nitrogens is 1. The second-order valence-electron chi connectivity index (χ2n) is 7.47. The lowest BCUT2D eigenvalue weighted by Crippen LogP contribution is -2.42. The van der Waals surface area contributed by atoms with Crippen LogP contribution in [0.3, 0.4) is 0 Å². The lowest BCUT2D eigenvalue weighted by atomic mass is 10.1. The molecule has 1 aliphatic heterocycles. The maximum Gasteiger partial charge on any atom is 0.253 e. The number of hydrogen-bond acceptors (Lipinski definition) is 4. The molecule has 1 atom stereocenters. The van der Waals surface area contributed by atoms with Crippen molar-refractivity contribution in [1.29, 1.82) is 0 Å². The number of rotatable bonds is 6. The first-order valence-electron chi connectivity index (χ1n) is 9.88. The number of benzene rings is 1. The molecule has 3 aromatic rings. The molecule has 0 saturated carbocycles. The molecule has 1 aromatic carbocycles. The molecule has 0 unspecified atom stereocenters. The van der Waals surface area contributed by atoms with Crippen LogP contribution in [-0.4, -0.2) is 34.3 Å². The molecule has 1 fully saturated rings. The Labute approximate surface area is 179 Å². The van der Waals surface area contributed by atoms with Crippen LogP contribution >= 0.6 is 23.6 Å². The second-order valence-corrected chi connectivity index (χ2v) is 8.89.